The molecule has 1 rings (SSSR count). The predicted octanol–water partition coefficient (Wildman–Crippen LogP) is 3.83. The van der Waals surface area contributed by atoms with Gasteiger partial charge in [-0.1, -0.05) is 12.2 Å². The van der Waals surface area contributed by atoms with Crippen LogP contribution in [-0.4, -0.2) is 27.8 Å². The number of nitrogens with zero attached hydrogens (tertiary/aromatic N) is 1. The molecule has 2 nitrogen and oxygen atoms in total. The molecule has 1 saturated heterocycles. The molecule has 19 heavy (non-hydrogen) atoms. The fraction of sp³-hybridized carbons (Fsp3) is 0.733. The highest BCUT2D eigenvalue weighted by molar-refractivity contribution is 7.84. The summed E-state index contributed by atoms with van der Waals surface area (Å²) in [5.74, 6) is 0.776. The lowest BCUT2D eigenvalue weighted by molar-refractivity contribution is 0.000339. The summed E-state index contributed by atoms with van der Waals surface area (Å²) >= 11 is 8.85. The van der Waals surface area contributed by atoms with Crippen LogP contribution in [0.5, 0.6) is 0 Å². The summed E-state index contributed by atoms with van der Waals surface area (Å²) in [6.45, 7) is 11.2. The zero-order valence-corrected chi connectivity index (χ0v) is 14.6. The Morgan fingerprint density at radius 3 is 2.21 bits per heavy atom. The van der Waals surface area contributed by atoms with E-state index in [-0.39, 0.29) is 11.1 Å². The summed E-state index contributed by atoms with van der Waals surface area (Å²) in [5.41, 5.74) is 0.190. The number of thiol groups is 2. The first-order chi connectivity index (χ1) is 8.74. The van der Waals surface area contributed by atoms with E-state index in [0.717, 1.165) is 23.6 Å². The monoisotopic (exact) mass is 300 g/mol. The first kappa shape index (κ1) is 16.8. The van der Waals surface area contributed by atoms with E-state index in [2.05, 4.69) is 69.2 Å². The molecule has 0 aromatic rings. The van der Waals surface area contributed by atoms with Gasteiger partial charge in [0.05, 0.1) is 5.03 Å². The van der Waals surface area contributed by atoms with E-state index in [1.807, 2.05) is 19.2 Å². The Balaban J connectivity index is 2.90. The van der Waals surface area contributed by atoms with Crippen molar-refractivity contribution < 1.29 is 0 Å². The fourth-order valence-corrected chi connectivity index (χ4v) is 4.05. The highest BCUT2D eigenvalue weighted by Crippen LogP contribution is 2.42. The SMILES string of the molecule is CC=C(S)N1C(C)(C)CC(NC=CCS)CC1(C)C. The summed E-state index contributed by atoms with van der Waals surface area (Å²) in [6.07, 6.45) is 8.37. The minimum absolute atomic E-state index is 0.0951. The quantitative estimate of drug-likeness (QED) is 0.684. The number of hydrogen-bond donors (Lipinski definition) is 3. The molecule has 0 aliphatic carbocycles. The Bertz CT molecular complexity index is 341. The molecule has 1 aliphatic heterocycles. The molecule has 1 N–H and O–H groups in total. The maximum absolute atomic E-state index is 4.66. The molecule has 0 bridgehead atoms. The van der Waals surface area contributed by atoms with Crippen LogP contribution in [0.15, 0.2) is 23.4 Å². The summed E-state index contributed by atoms with van der Waals surface area (Å²) < 4.78 is 0. The largest absolute Gasteiger partial charge is 0.388 e. The number of rotatable bonds is 4. The molecule has 1 fully saturated rings. The van der Waals surface area contributed by atoms with Crippen molar-refractivity contribution in [3.63, 3.8) is 0 Å². The first-order valence-corrected chi connectivity index (χ1v) is 8.00. The highest BCUT2D eigenvalue weighted by Gasteiger charge is 2.45. The number of allylic oxidation sites excluding steroid dienone is 1. The molecule has 0 spiro atoms. The van der Waals surface area contributed by atoms with Crippen LogP contribution in [-0.2, 0) is 0 Å². The van der Waals surface area contributed by atoms with Gasteiger partial charge in [0, 0.05) is 22.9 Å². The van der Waals surface area contributed by atoms with E-state index in [9.17, 15) is 0 Å². The van der Waals surface area contributed by atoms with E-state index in [1.165, 1.54) is 0 Å². The van der Waals surface area contributed by atoms with Crippen LogP contribution < -0.4 is 5.32 Å². The topological polar surface area (TPSA) is 15.3 Å². The molecule has 110 valence electrons. The summed E-state index contributed by atoms with van der Waals surface area (Å²) in [5, 5.41) is 4.58. The van der Waals surface area contributed by atoms with Crippen molar-refractivity contribution in [2.75, 3.05) is 5.75 Å². The van der Waals surface area contributed by atoms with Crippen LogP contribution in [0.3, 0.4) is 0 Å². The van der Waals surface area contributed by atoms with Gasteiger partial charge in [-0.25, -0.2) is 0 Å². The summed E-state index contributed by atoms with van der Waals surface area (Å²) in [4.78, 5) is 2.45. The third-order valence-corrected chi connectivity index (χ3v) is 4.41. The number of hydrogen-bond acceptors (Lipinski definition) is 4. The van der Waals surface area contributed by atoms with Gasteiger partial charge in [-0.15, -0.1) is 12.6 Å². The smallest absolute Gasteiger partial charge is 0.0641 e. The minimum atomic E-state index is 0.0951. The number of piperidine rings is 1. The number of nitrogens with one attached hydrogen (secondary N) is 1. The molecule has 1 heterocycles. The van der Waals surface area contributed by atoms with Gasteiger partial charge in [0.2, 0.25) is 0 Å². The Kier molecular flexibility index (Phi) is 5.75. The molecular formula is C15H28N2S2. The van der Waals surface area contributed by atoms with E-state index >= 15 is 0 Å². The van der Waals surface area contributed by atoms with Crippen molar-refractivity contribution in [3.05, 3.63) is 23.4 Å². The zero-order chi connectivity index (χ0) is 14.7. The lowest BCUT2D eigenvalue weighted by atomic mass is 9.77. The fourth-order valence-electron chi connectivity index (χ4n) is 3.40. The molecule has 0 radical (unpaired) electrons. The van der Waals surface area contributed by atoms with Gasteiger partial charge >= 0.3 is 0 Å². The molecule has 0 aromatic carbocycles. The van der Waals surface area contributed by atoms with Gasteiger partial charge in [0.1, 0.15) is 0 Å². The van der Waals surface area contributed by atoms with Crippen molar-refractivity contribution >= 4 is 25.3 Å². The van der Waals surface area contributed by atoms with Crippen LogP contribution in [0, 0.1) is 0 Å². The molecule has 0 aromatic heterocycles. The van der Waals surface area contributed by atoms with Crippen LogP contribution >= 0.6 is 25.3 Å². The van der Waals surface area contributed by atoms with Gasteiger partial charge in [-0.05, 0) is 53.7 Å². The summed E-state index contributed by atoms with van der Waals surface area (Å²) in [6, 6.07) is 0.496. The van der Waals surface area contributed by atoms with Gasteiger partial charge in [-0.2, -0.15) is 12.6 Å². The maximum Gasteiger partial charge on any atom is 0.0641 e. The minimum Gasteiger partial charge on any atom is -0.388 e. The average Bonchev–Trinajstić information content (AvgIpc) is 2.25. The van der Waals surface area contributed by atoms with Gasteiger partial charge in [0.25, 0.3) is 0 Å². The Labute approximate surface area is 129 Å². The maximum atomic E-state index is 4.66. The van der Waals surface area contributed by atoms with E-state index < -0.39 is 0 Å². The van der Waals surface area contributed by atoms with Crippen LogP contribution in [0.1, 0.15) is 47.5 Å². The average molecular weight is 301 g/mol. The van der Waals surface area contributed by atoms with E-state index in [0.29, 0.717) is 6.04 Å². The van der Waals surface area contributed by atoms with Crippen molar-refractivity contribution in [1.29, 1.82) is 0 Å². The second-order valence-electron chi connectivity index (χ2n) is 6.46. The standard InChI is InChI=1S/C15H28N2S2/c1-6-13(19)17-14(2,3)10-12(11-15(17,4)5)16-8-7-9-18/h6-8,12,16,18-19H,9-11H2,1-5H3. The molecule has 1 aliphatic rings. The van der Waals surface area contributed by atoms with Crippen molar-refractivity contribution in [3.8, 4) is 0 Å². The molecular weight excluding hydrogens is 272 g/mol. The molecule has 0 saturated carbocycles. The van der Waals surface area contributed by atoms with Crippen LogP contribution in [0.25, 0.3) is 0 Å². The highest BCUT2D eigenvalue weighted by atomic mass is 32.1. The van der Waals surface area contributed by atoms with Gasteiger partial charge < -0.3 is 10.2 Å². The van der Waals surface area contributed by atoms with Crippen molar-refractivity contribution in [1.82, 2.24) is 10.2 Å². The van der Waals surface area contributed by atoms with Crippen LogP contribution in [0.4, 0.5) is 0 Å². The third kappa shape index (κ3) is 4.12. The molecule has 0 atom stereocenters. The molecule has 0 unspecified atom stereocenters. The second kappa shape index (κ2) is 6.49. The Morgan fingerprint density at radius 1 is 1.26 bits per heavy atom. The zero-order valence-electron chi connectivity index (χ0n) is 12.8. The van der Waals surface area contributed by atoms with Crippen molar-refractivity contribution in [2.24, 2.45) is 0 Å². The lowest BCUT2D eigenvalue weighted by Gasteiger charge is -2.56. The molecule has 0 amide bonds. The van der Waals surface area contributed by atoms with Crippen LogP contribution in [0.2, 0.25) is 0 Å². The predicted molar refractivity (Wildman–Crippen MR) is 91.9 cm³/mol. The van der Waals surface area contributed by atoms with E-state index in [1.54, 1.807) is 0 Å². The lowest BCUT2D eigenvalue weighted by Crippen LogP contribution is -2.62. The first-order valence-electron chi connectivity index (χ1n) is 6.92. The summed E-state index contributed by atoms with van der Waals surface area (Å²) in [7, 11) is 0. The third-order valence-electron chi connectivity index (χ3n) is 3.75. The van der Waals surface area contributed by atoms with Crippen molar-refractivity contribution in [2.45, 2.75) is 64.6 Å². The van der Waals surface area contributed by atoms with Gasteiger partial charge in [-0.3, -0.25) is 0 Å². The Morgan fingerprint density at radius 2 is 1.79 bits per heavy atom. The van der Waals surface area contributed by atoms with Gasteiger partial charge in [0.15, 0.2) is 0 Å². The Hall–Kier alpha value is -0.220. The van der Waals surface area contributed by atoms with E-state index in [4.69, 9.17) is 0 Å². The number of likely N-dealkylation sites (tertiary alicyclic amines) is 1. The molecule has 4 heteroatoms. The normalized spacial score (nSPS) is 23.9. The second-order valence-corrected chi connectivity index (χ2v) is 7.29.